The van der Waals surface area contributed by atoms with Gasteiger partial charge in [0.05, 0.1) is 0 Å². The maximum absolute atomic E-state index is 13.9. The van der Waals surface area contributed by atoms with Crippen molar-refractivity contribution in [2.24, 2.45) is 0 Å². The first-order valence-corrected chi connectivity index (χ1v) is 6.01. The number of hydrogen-bond acceptors (Lipinski definition) is 2. The summed E-state index contributed by atoms with van der Waals surface area (Å²) >= 11 is 0. The fraction of sp³-hybridized carbons (Fsp3) is 0.200. The van der Waals surface area contributed by atoms with Crippen LogP contribution in [0, 0.1) is 11.6 Å². The lowest BCUT2D eigenvalue weighted by Crippen LogP contribution is -2.13. The fourth-order valence-electron chi connectivity index (χ4n) is 1.77. The molecule has 0 radical (unpaired) electrons. The third-order valence-corrected chi connectivity index (χ3v) is 2.95. The summed E-state index contributed by atoms with van der Waals surface area (Å²) in [5.41, 5.74) is 0.644. The van der Waals surface area contributed by atoms with Crippen molar-refractivity contribution in [2.45, 2.75) is 13.0 Å². The lowest BCUT2D eigenvalue weighted by Gasteiger charge is -2.17. The van der Waals surface area contributed by atoms with Crippen molar-refractivity contribution in [1.29, 1.82) is 0 Å². The topological polar surface area (TPSA) is 21.3 Å². The second-order valence-electron chi connectivity index (χ2n) is 4.20. The monoisotopic (exact) mass is 263 g/mol. The van der Waals surface area contributed by atoms with Crippen molar-refractivity contribution in [2.75, 3.05) is 7.05 Å². The highest BCUT2D eigenvalue weighted by Gasteiger charge is 2.16. The molecule has 2 aromatic carbocycles. The van der Waals surface area contributed by atoms with Crippen molar-refractivity contribution in [3.8, 4) is 11.5 Å². The van der Waals surface area contributed by atoms with Gasteiger partial charge in [-0.3, -0.25) is 0 Å². The molecule has 0 aromatic heterocycles. The van der Waals surface area contributed by atoms with Crippen molar-refractivity contribution in [1.82, 2.24) is 5.32 Å². The lowest BCUT2D eigenvalue weighted by molar-refractivity contribution is 0.404. The van der Waals surface area contributed by atoms with E-state index < -0.39 is 11.6 Å². The van der Waals surface area contributed by atoms with Crippen LogP contribution in [-0.4, -0.2) is 7.05 Å². The summed E-state index contributed by atoms with van der Waals surface area (Å²) in [6.45, 7) is 1.88. The van der Waals surface area contributed by atoms with Crippen LogP contribution >= 0.6 is 0 Å². The number of ether oxygens (including phenoxy) is 1. The van der Waals surface area contributed by atoms with Gasteiger partial charge in [0.2, 0.25) is 0 Å². The minimum atomic E-state index is -0.520. The Bertz CT molecular complexity index is 572. The smallest absolute Gasteiger partial charge is 0.167 e. The van der Waals surface area contributed by atoms with Crippen molar-refractivity contribution < 1.29 is 13.5 Å². The van der Waals surface area contributed by atoms with E-state index in [1.54, 1.807) is 31.3 Å². The fourth-order valence-corrected chi connectivity index (χ4v) is 1.77. The molecule has 1 N–H and O–H groups in total. The number of para-hydroxylation sites is 2. The standard InChI is InChI=1S/C15H15F2NO/c1-10(18-2)11-6-5-8-13(17)15(11)19-14-9-4-3-7-12(14)16/h3-10,18H,1-2H3. The van der Waals surface area contributed by atoms with E-state index >= 15 is 0 Å². The Labute approximate surface area is 111 Å². The van der Waals surface area contributed by atoms with Gasteiger partial charge in [-0.25, -0.2) is 8.78 Å². The molecule has 1 unspecified atom stereocenters. The minimum Gasteiger partial charge on any atom is -0.451 e. The molecule has 0 heterocycles. The van der Waals surface area contributed by atoms with Gasteiger partial charge in [0.25, 0.3) is 0 Å². The number of benzene rings is 2. The summed E-state index contributed by atoms with van der Waals surface area (Å²) in [4.78, 5) is 0. The molecule has 0 fully saturated rings. The number of halogens is 2. The van der Waals surface area contributed by atoms with Crippen LogP contribution in [-0.2, 0) is 0 Å². The van der Waals surface area contributed by atoms with Gasteiger partial charge in [-0.05, 0) is 32.2 Å². The van der Waals surface area contributed by atoms with Crippen LogP contribution in [0.25, 0.3) is 0 Å². The molecule has 0 saturated heterocycles. The second kappa shape index (κ2) is 5.80. The minimum absolute atomic E-state index is 0.0113. The summed E-state index contributed by atoms with van der Waals surface area (Å²) in [6, 6.07) is 10.5. The molecule has 2 aromatic rings. The molecule has 0 bridgehead atoms. The molecule has 0 spiro atoms. The van der Waals surface area contributed by atoms with Crippen LogP contribution in [0.1, 0.15) is 18.5 Å². The van der Waals surface area contributed by atoms with Crippen LogP contribution in [0.2, 0.25) is 0 Å². The number of rotatable bonds is 4. The largest absolute Gasteiger partial charge is 0.451 e. The van der Waals surface area contributed by atoms with Crippen molar-refractivity contribution >= 4 is 0 Å². The van der Waals surface area contributed by atoms with Crippen molar-refractivity contribution in [3.05, 3.63) is 59.7 Å². The molecular weight excluding hydrogens is 248 g/mol. The Morgan fingerprint density at radius 1 is 1.00 bits per heavy atom. The van der Waals surface area contributed by atoms with Crippen molar-refractivity contribution in [3.63, 3.8) is 0 Å². The molecule has 1 atom stereocenters. The SMILES string of the molecule is CNC(C)c1cccc(F)c1Oc1ccccc1F. The van der Waals surface area contributed by atoms with Gasteiger partial charge in [-0.2, -0.15) is 0 Å². The molecule has 0 aliphatic rings. The van der Waals surface area contributed by atoms with Gasteiger partial charge in [-0.1, -0.05) is 24.3 Å². The Morgan fingerprint density at radius 2 is 1.68 bits per heavy atom. The highest BCUT2D eigenvalue weighted by atomic mass is 19.1. The van der Waals surface area contributed by atoms with Gasteiger partial charge in [0.15, 0.2) is 23.1 Å². The molecule has 0 aliphatic heterocycles. The maximum Gasteiger partial charge on any atom is 0.167 e. The summed E-state index contributed by atoms with van der Waals surface area (Å²) in [5.74, 6) is -0.969. The van der Waals surface area contributed by atoms with E-state index in [0.717, 1.165) is 0 Å². The Morgan fingerprint density at radius 3 is 2.37 bits per heavy atom. The highest BCUT2D eigenvalue weighted by molar-refractivity contribution is 5.41. The van der Waals surface area contributed by atoms with Gasteiger partial charge in [0, 0.05) is 11.6 Å². The van der Waals surface area contributed by atoms with Crippen LogP contribution < -0.4 is 10.1 Å². The van der Waals surface area contributed by atoms with E-state index in [1.807, 2.05) is 6.92 Å². The van der Waals surface area contributed by atoms with Crippen LogP contribution in [0.15, 0.2) is 42.5 Å². The highest BCUT2D eigenvalue weighted by Crippen LogP contribution is 2.33. The van der Waals surface area contributed by atoms with E-state index in [4.69, 9.17) is 4.74 Å². The quantitative estimate of drug-likeness (QED) is 0.899. The molecule has 4 heteroatoms. The maximum atomic E-state index is 13.9. The molecule has 0 amide bonds. The molecule has 0 aliphatic carbocycles. The van der Waals surface area contributed by atoms with E-state index in [9.17, 15) is 8.78 Å². The molecular formula is C15H15F2NO. The first-order chi connectivity index (χ1) is 9.13. The molecule has 100 valence electrons. The molecule has 2 rings (SSSR count). The second-order valence-corrected chi connectivity index (χ2v) is 4.20. The molecule has 19 heavy (non-hydrogen) atoms. The summed E-state index contributed by atoms with van der Waals surface area (Å²) in [6.07, 6.45) is 0. The zero-order valence-electron chi connectivity index (χ0n) is 10.8. The third kappa shape index (κ3) is 2.90. The zero-order chi connectivity index (χ0) is 13.8. The first kappa shape index (κ1) is 13.5. The Hall–Kier alpha value is -1.94. The van der Waals surface area contributed by atoms with Crippen LogP contribution in [0.4, 0.5) is 8.78 Å². The normalized spacial score (nSPS) is 12.2. The summed E-state index contributed by atoms with van der Waals surface area (Å²) in [5, 5.41) is 3.01. The number of nitrogens with one attached hydrogen (secondary N) is 1. The van der Waals surface area contributed by atoms with E-state index in [0.29, 0.717) is 5.56 Å². The predicted octanol–water partition coefficient (Wildman–Crippen LogP) is 4.04. The van der Waals surface area contributed by atoms with Gasteiger partial charge < -0.3 is 10.1 Å². The van der Waals surface area contributed by atoms with E-state index in [2.05, 4.69) is 5.32 Å². The average molecular weight is 263 g/mol. The Kier molecular flexibility index (Phi) is 4.12. The average Bonchev–Trinajstić information content (AvgIpc) is 2.42. The van der Waals surface area contributed by atoms with E-state index in [1.165, 1.54) is 18.2 Å². The first-order valence-electron chi connectivity index (χ1n) is 6.01. The van der Waals surface area contributed by atoms with Gasteiger partial charge in [0.1, 0.15) is 0 Å². The van der Waals surface area contributed by atoms with Gasteiger partial charge in [-0.15, -0.1) is 0 Å². The van der Waals surface area contributed by atoms with Gasteiger partial charge >= 0.3 is 0 Å². The molecule has 2 nitrogen and oxygen atoms in total. The van der Waals surface area contributed by atoms with E-state index in [-0.39, 0.29) is 17.5 Å². The predicted molar refractivity (Wildman–Crippen MR) is 70.3 cm³/mol. The summed E-state index contributed by atoms with van der Waals surface area (Å²) in [7, 11) is 1.77. The summed E-state index contributed by atoms with van der Waals surface area (Å²) < 4.78 is 32.9. The lowest BCUT2D eigenvalue weighted by atomic mass is 10.1. The molecule has 0 saturated carbocycles. The Balaban J connectivity index is 2.42. The van der Waals surface area contributed by atoms with Crippen LogP contribution in [0.5, 0.6) is 11.5 Å². The zero-order valence-corrected chi connectivity index (χ0v) is 10.8. The van der Waals surface area contributed by atoms with Crippen LogP contribution in [0.3, 0.4) is 0 Å². The third-order valence-electron chi connectivity index (χ3n) is 2.95. The number of hydrogen-bond donors (Lipinski definition) is 1.